The maximum absolute atomic E-state index is 13.3. The Hall–Kier alpha value is -3.72. The third kappa shape index (κ3) is 23.3. The summed E-state index contributed by atoms with van der Waals surface area (Å²) in [6.45, 7) is 7.70. The van der Waals surface area contributed by atoms with Crippen molar-refractivity contribution in [2.45, 2.75) is 220 Å². The molecule has 0 aromatic rings. The lowest BCUT2D eigenvalue weighted by Crippen LogP contribution is -2.67. The Morgan fingerprint density at radius 2 is 0.773 bits per heavy atom. The van der Waals surface area contributed by atoms with E-state index in [1.807, 2.05) is 0 Å². The van der Waals surface area contributed by atoms with Crippen LogP contribution in [0.25, 0.3) is 0 Å². The molecule has 0 aromatic carbocycles. The number of unbranched alkanes of at least 4 members (excludes halogenated alkanes) is 15. The predicted octanol–water partition coefficient (Wildman–Crippen LogP) is 5.37. The van der Waals surface area contributed by atoms with E-state index in [9.17, 15) is 43.0 Å². The summed E-state index contributed by atoms with van der Waals surface area (Å²) in [5.41, 5.74) is 0. The van der Waals surface area contributed by atoms with E-state index < -0.39 is 124 Å². The number of hydrogen-bond acceptors (Lipinski definition) is 21. The van der Waals surface area contributed by atoms with Gasteiger partial charge in [-0.3, -0.25) is 42.7 Å². The van der Waals surface area contributed by atoms with Gasteiger partial charge in [0.15, 0.2) is 36.8 Å². The smallest absolute Gasteiger partial charge is 0.303 e. The fourth-order valence-electron chi connectivity index (χ4n) is 7.54. The lowest BCUT2D eigenvalue weighted by molar-refractivity contribution is -0.359. The molecule has 22 heteroatoms. The minimum absolute atomic E-state index is 0.247. The van der Waals surface area contributed by atoms with Crippen molar-refractivity contribution in [1.82, 2.24) is 0 Å². The van der Waals surface area contributed by atoms with Crippen molar-refractivity contribution in [2.24, 2.45) is 0 Å². The van der Waals surface area contributed by atoms with Crippen LogP contribution in [0.2, 0.25) is 0 Å². The Balaban J connectivity index is 2.28. The zero-order valence-corrected chi connectivity index (χ0v) is 40.6. The first kappa shape index (κ1) is 58.4. The van der Waals surface area contributed by atoms with E-state index >= 15 is 0 Å². The van der Waals surface area contributed by atoms with Gasteiger partial charge in [0.2, 0.25) is 6.29 Å². The largest absolute Gasteiger partial charge is 0.756 e. The molecule has 0 N–H and O–H groups in total. The monoisotopic (exact) mass is 967 g/mol. The lowest BCUT2D eigenvalue weighted by Gasteiger charge is -2.49. The van der Waals surface area contributed by atoms with E-state index in [1.54, 1.807) is 0 Å². The molecule has 2 fully saturated rings. The first-order chi connectivity index (χ1) is 31.2. The molecule has 0 aliphatic carbocycles. The van der Waals surface area contributed by atoms with Crippen molar-refractivity contribution in [3.8, 4) is 0 Å². The van der Waals surface area contributed by atoms with Crippen molar-refractivity contribution < 1.29 is 99.4 Å². The highest BCUT2D eigenvalue weighted by Crippen LogP contribution is 2.44. The molecule has 0 amide bonds. The highest BCUT2D eigenvalue weighted by atomic mass is 31.2. The van der Waals surface area contributed by atoms with Crippen LogP contribution in [0.4, 0.5) is 0 Å². The van der Waals surface area contributed by atoms with Crippen molar-refractivity contribution in [3.05, 3.63) is 0 Å². The first-order valence-corrected chi connectivity index (χ1v) is 24.4. The van der Waals surface area contributed by atoms with Gasteiger partial charge in [0.25, 0.3) is 7.82 Å². The van der Waals surface area contributed by atoms with Crippen LogP contribution >= 0.6 is 7.82 Å². The van der Waals surface area contributed by atoms with E-state index in [4.69, 9.17) is 56.4 Å². The van der Waals surface area contributed by atoms with Gasteiger partial charge >= 0.3 is 41.8 Å². The van der Waals surface area contributed by atoms with Gasteiger partial charge in [0.05, 0.1) is 6.61 Å². The van der Waals surface area contributed by atoms with Crippen LogP contribution < -0.4 is 4.89 Å². The Morgan fingerprint density at radius 1 is 0.439 bits per heavy atom. The molecule has 2 aliphatic rings. The fraction of sp³-hybridized carbons (Fsp3) is 0.841. The van der Waals surface area contributed by atoms with Gasteiger partial charge in [-0.15, -0.1) is 0 Å². The molecule has 0 radical (unpaired) electrons. The summed E-state index contributed by atoms with van der Waals surface area (Å²) >= 11 is 0. The van der Waals surface area contributed by atoms with Crippen LogP contribution in [-0.2, 0) is 94.5 Å². The zero-order chi connectivity index (χ0) is 49.2. The van der Waals surface area contributed by atoms with Crippen molar-refractivity contribution in [3.63, 3.8) is 0 Å². The molecule has 21 nitrogen and oxygen atoms in total. The highest BCUT2D eigenvalue weighted by Gasteiger charge is 2.58. The molecule has 2 aliphatic heterocycles. The standard InChI is InChI=1S/C44H73O21P/c1-9-10-11-12-13-14-15-16-17-18-19-20-21-22-23-24-25-56-66(52,53)65-44-42(61-34(8)51)40(59-32(6)49)38(36(63-44)27-55-29(3)46)64-43-41(60-33(7)50)39(58-31(5)48)37(57-30(4)47)35(62-43)26-54-28(2)45/h35-44H,9-27H2,1-8H3,(H,52,53)/p-1/t35-,36-,37+,38-,39+,40+,41-,42+,43+,44-/m1/s1. The number of hydrogen-bond donors (Lipinski definition) is 0. The Kier molecular flexibility index (Phi) is 27.7. The van der Waals surface area contributed by atoms with E-state index in [1.165, 1.54) is 64.2 Å². The molecule has 2 rings (SSSR count). The Labute approximate surface area is 387 Å². The summed E-state index contributed by atoms with van der Waals surface area (Å²) < 4.78 is 79.6. The molecule has 2 heterocycles. The molecule has 0 spiro atoms. The lowest BCUT2D eigenvalue weighted by atomic mass is 9.96. The molecule has 0 bridgehead atoms. The van der Waals surface area contributed by atoms with Crippen molar-refractivity contribution >= 4 is 49.6 Å². The third-order valence-electron chi connectivity index (χ3n) is 10.4. The number of carbonyl (C=O) groups is 7. The van der Waals surface area contributed by atoms with Crippen LogP contribution in [-0.4, -0.2) is 123 Å². The molecule has 1 unspecified atom stereocenters. The SMILES string of the molecule is CCCCCCCCCCCCCCCCCCOP(=O)([O-])O[C@H]1O[C@H](COC(C)=O)[C@@H](O[C@@H]2O[C@H](COC(C)=O)[C@H](OC(C)=O)[C@H](OC(C)=O)[C@H]2OC(C)=O)[C@H](OC(C)=O)[C@@H]1OC(C)=O. The summed E-state index contributed by atoms with van der Waals surface area (Å²) in [6.07, 6.45) is 0.172. The Bertz CT molecular complexity index is 1570. The van der Waals surface area contributed by atoms with Gasteiger partial charge in [-0.25, -0.2) is 0 Å². The second kappa shape index (κ2) is 31.3. The average molecular weight is 968 g/mol. The molecule has 0 aromatic heterocycles. The van der Waals surface area contributed by atoms with Crippen LogP contribution in [0.15, 0.2) is 0 Å². The minimum atomic E-state index is -5.27. The van der Waals surface area contributed by atoms with Crippen molar-refractivity contribution in [1.29, 1.82) is 0 Å². The number of phosphoric ester groups is 1. The van der Waals surface area contributed by atoms with Gasteiger partial charge < -0.3 is 56.8 Å². The van der Waals surface area contributed by atoms with Crippen molar-refractivity contribution in [2.75, 3.05) is 19.8 Å². The van der Waals surface area contributed by atoms with E-state index in [0.717, 1.165) is 74.1 Å². The molecule has 66 heavy (non-hydrogen) atoms. The Morgan fingerprint density at radius 3 is 1.18 bits per heavy atom. The number of phosphoric acid groups is 1. The second-order valence-corrected chi connectivity index (χ2v) is 17.7. The fourth-order valence-corrected chi connectivity index (χ4v) is 8.38. The van der Waals surface area contributed by atoms with Crippen LogP contribution in [0.5, 0.6) is 0 Å². The van der Waals surface area contributed by atoms with E-state index in [-0.39, 0.29) is 6.61 Å². The summed E-state index contributed by atoms with van der Waals surface area (Å²) in [5.74, 6) is -6.48. The molecular weight excluding hydrogens is 895 g/mol. The summed E-state index contributed by atoms with van der Waals surface area (Å²) in [4.78, 5) is 99.6. The summed E-state index contributed by atoms with van der Waals surface area (Å²) in [7, 11) is -5.27. The third-order valence-corrected chi connectivity index (χ3v) is 11.3. The van der Waals surface area contributed by atoms with E-state index in [2.05, 4.69) is 6.92 Å². The van der Waals surface area contributed by atoms with Crippen LogP contribution in [0, 0.1) is 0 Å². The molecule has 2 saturated heterocycles. The second-order valence-electron chi connectivity index (χ2n) is 16.4. The van der Waals surface area contributed by atoms with Crippen LogP contribution in [0.1, 0.15) is 158 Å². The quantitative estimate of drug-likeness (QED) is 0.0365. The maximum Gasteiger partial charge on any atom is 0.303 e. The first-order valence-electron chi connectivity index (χ1n) is 23.0. The van der Waals surface area contributed by atoms with Crippen LogP contribution in [0.3, 0.4) is 0 Å². The van der Waals surface area contributed by atoms with Gasteiger partial charge in [-0.2, -0.15) is 0 Å². The molecule has 380 valence electrons. The highest BCUT2D eigenvalue weighted by molar-refractivity contribution is 7.45. The normalized spacial score (nSPS) is 26.0. The number of ether oxygens (including phenoxy) is 10. The summed E-state index contributed by atoms with van der Waals surface area (Å²) in [6, 6.07) is 0. The maximum atomic E-state index is 13.3. The minimum Gasteiger partial charge on any atom is -0.756 e. The predicted molar refractivity (Wildman–Crippen MR) is 227 cm³/mol. The van der Waals surface area contributed by atoms with Gasteiger partial charge in [0.1, 0.15) is 31.5 Å². The zero-order valence-electron chi connectivity index (χ0n) is 39.7. The number of rotatable bonds is 31. The number of esters is 7. The van der Waals surface area contributed by atoms with E-state index in [0.29, 0.717) is 12.8 Å². The number of carbonyl (C=O) groups excluding carboxylic acids is 7. The average Bonchev–Trinajstić information content (AvgIpc) is 3.20. The molecule has 11 atom stereocenters. The topological polar surface area (TPSA) is 270 Å². The van der Waals surface area contributed by atoms with Gasteiger partial charge in [-0.1, -0.05) is 103 Å². The summed E-state index contributed by atoms with van der Waals surface area (Å²) in [5, 5.41) is 0. The van der Waals surface area contributed by atoms with Gasteiger partial charge in [0, 0.05) is 48.5 Å². The molecular formula is C44H72O21P-. The molecule has 0 saturated carbocycles. The van der Waals surface area contributed by atoms with Gasteiger partial charge in [-0.05, 0) is 6.42 Å².